The van der Waals surface area contributed by atoms with Gasteiger partial charge in [0, 0.05) is 30.1 Å². The second-order valence-corrected chi connectivity index (χ2v) is 6.83. The van der Waals surface area contributed by atoms with E-state index in [1.807, 2.05) is 12.1 Å². The van der Waals surface area contributed by atoms with Gasteiger partial charge < -0.3 is 16.4 Å². The molecule has 2 aromatic carbocycles. The molecule has 1 heterocycles. The van der Waals surface area contributed by atoms with Crippen LogP contribution in [-0.2, 0) is 6.54 Å². The molecule has 3 rings (SSSR count). The van der Waals surface area contributed by atoms with E-state index < -0.39 is 5.91 Å². The van der Waals surface area contributed by atoms with Gasteiger partial charge in [-0.1, -0.05) is 44.2 Å². The van der Waals surface area contributed by atoms with Crippen LogP contribution in [0.25, 0.3) is 0 Å². The van der Waals surface area contributed by atoms with Crippen LogP contribution in [0.2, 0.25) is 0 Å². The lowest BCUT2D eigenvalue weighted by Crippen LogP contribution is -2.15. The first-order valence-electron chi connectivity index (χ1n) is 9.08. The number of halogens is 1. The van der Waals surface area contributed by atoms with E-state index in [4.69, 9.17) is 5.73 Å². The summed E-state index contributed by atoms with van der Waals surface area (Å²) >= 11 is 0. The molecule has 0 aliphatic heterocycles. The molecule has 1 aromatic heterocycles. The van der Waals surface area contributed by atoms with Gasteiger partial charge in [-0.2, -0.15) is 0 Å². The Hall–Kier alpha value is -3.41. The highest BCUT2D eigenvalue weighted by Gasteiger charge is 2.11. The van der Waals surface area contributed by atoms with Crippen molar-refractivity contribution in [1.82, 2.24) is 4.98 Å². The van der Waals surface area contributed by atoms with Crippen LogP contribution in [0.15, 0.2) is 60.8 Å². The Morgan fingerprint density at radius 2 is 1.86 bits per heavy atom. The maximum Gasteiger partial charge on any atom is 0.252 e. The van der Waals surface area contributed by atoms with Crippen molar-refractivity contribution < 1.29 is 9.18 Å². The summed E-state index contributed by atoms with van der Waals surface area (Å²) in [6.07, 6.45) is 1.41. The summed E-state index contributed by atoms with van der Waals surface area (Å²) in [5.41, 5.74) is 8.81. The molecule has 1 amide bonds. The quantitative estimate of drug-likeness (QED) is 0.552. The molecule has 0 radical (unpaired) electrons. The number of aromatic nitrogens is 1. The average molecular weight is 378 g/mol. The number of hydrogen-bond acceptors (Lipinski definition) is 4. The highest BCUT2D eigenvalue weighted by Crippen LogP contribution is 2.24. The molecule has 0 saturated heterocycles. The van der Waals surface area contributed by atoms with Crippen molar-refractivity contribution in [2.24, 2.45) is 5.73 Å². The Kier molecular flexibility index (Phi) is 5.89. The lowest BCUT2D eigenvalue weighted by Gasteiger charge is -2.13. The number of anilines is 3. The monoisotopic (exact) mass is 378 g/mol. The van der Waals surface area contributed by atoms with Crippen LogP contribution in [0.5, 0.6) is 0 Å². The summed E-state index contributed by atoms with van der Waals surface area (Å²) in [5.74, 6) is 0.0965. The Bertz CT molecular complexity index is 971. The summed E-state index contributed by atoms with van der Waals surface area (Å²) in [6.45, 7) is 4.50. The smallest absolute Gasteiger partial charge is 0.252 e. The zero-order valence-corrected chi connectivity index (χ0v) is 15.9. The highest BCUT2D eigenvalue weighted by molar-refractivity contribution is 5.98. The molecule has 0 aliphatic carbocycles. The maximum absolute atomic E-state index is 13.9. The molecular weight excluding hydrogens is 355 g/mol. The predicted octanol–water partition coefficient (Wildman–Crippen LogP) is 4.80. The van der Waals surface area contributed by atoms with Crippen molar-refractivity contribution in [2.75, 3.05) is 10.6 Å². The predicted molar refractivity (Wildman–Crippen MR) is 110 cm³/mol. The lowest BCUT2D eigenvalue weighted by atomic mass is 10.0. The first-order chi connectivity index (χ1) is 13.4. The average Bonchev–Trinajstić information content (AvgIpc) is 2.67. The SMILES string of the molecule is CC(C)c1ccc(Nc2cc(NCc3ccccc3F)c(C(N)=O)cn2)cc1. The second-order valence-electron chi connectivity index (χ2n) is 6.83. The summed E-state index contributed by atoms with van der Waals surface area (Å²) in [7, 11) is 0. The topological polar surface area (TPSA) is 80.0 Å². The van der Waals surface area contributed by atoms with Crippen molar-refractivity contribution in [3.8, 4) is 0 Å². The second kappa shape index (κ2) is 8.52. The van der Waals surface area contributed by atoms with Crippen molar-refractivity contribution >= 4 is 23.1 Å². The van der Waals surface area contributed by atoms with Gasteiger partial charge in [-0.25, -0.2) is 9.37 Å². The number of nitrogens with zero attached hydrogens (tertiary/aromatic N) is 1. The summed E-state index contributed by atoms with van der Waals surface area (Å²) in [6, 6.07) is 16.2. The molecule has 144 valence electrons. The van der Waals surface area contributed by atoms with Crippen LogP contribution in [0.4, 0.5) is 21.6 Å². The van der Waals surface area contributed by atoms with Crippen LogP contribution in [-0.4, -0.2) is 10.9 Å². The van der Waals surface area contributed by atoms with Gasteiger partial charge in [0.05, 0.1) is 11.3 Å². The third-order valence-electron chi connectivity index (χ3n) is 4.45. The minimum absolute atomic E-state index is 0.222. The number of carbonyl (C=O) groups is 1. The molecule has 0 fully saturated rings. The molecule has 0 atom stereocenters. The van der Waals surface area contributed by atoms with Crippen LogP contribution in [0.1, 0.15) is 41.3 Å². The molecule has 5 nitrogen and oxygen atoms in total. The highest BCUT2D eigenvalue weighted by atomic mass is 19.1. The van der Waals surface area contributed by atoms with Crippen molar-refractivity contribution in [1.29, 1.82) is 0 Å². The third kappa shape index (κ3) is 4.65. The van der Waals surface area contributed by atoms with E-state index in [0.29, 0.717) is 23.0 Å². The molecule has 0 aliphatic rings. The lowest BCUT2D eigenvalue weighted by molar-refractivity contribution is 0.100. The number of primary amides is 1. The summed E-state index contributed by atoms with van der Waals surface area (Å²) < 4.78 is 13.9. The molecule has 0 spiro atoms. The van der Waals surface area contributed by atoms with E-state index in [2.05, 4.69) is 41.6 Å². The normalized spacial score (nSPS) is 10.7. The van der Waals surface area contributed by atoms with Crippen molar-refractivity contribution in [3.63, 3.8) is 0 Å². The van der Waals surface area contributed by atoms with Crippen LogP contribution < -0.4 is 16.4 Å². The van der Waals surface area contributed by atoms with Crippen LogP contribution >= 0.6 is 0 Å². The fourth-order valence-corrected chi connectivity index (χ4v) is 2.80. The van der Waals surface area contributed by atoms with E-state index in [9.17, 15) is 9.18 Å². The summed E-state index contributed by atoms with van der Waals surface area (Å²) in [5, 5.41) is 6.29. The number of carbonyl (C=O) groups excluding carboxylic acids is 1. The van der Waals surface area contributed by atoms with E-state index in [0.717, 1.165) is 5.69 Å². The van der Waals surface area contributed by atoms with E-state index in [1.165, 1.54) is 17.8 Å². The number of rotatable bonds is 7. The van der Waals surface area contributed by atoms with Gasteiger partial charge >= 0.3 is 0 Å². The Balaban J connectivity index is 1.80. The first-order valence-corrected chi connectivity index (χ1v) is 9.08. The Morgan fingerprint density at radius 3 is 2.50 bits per heavy atom. The molecule has 0 saturated carbocycles. The molecule has 0 unspecified atom stereocenters. The van der Waals surface area contributed by atoms with E-state index >= 15 is 0 Å². The number of pyridine rings is 1. The van der Waals surface area contributed by atoms with Crippen LogP contribution in [0, 0.1) is 5.82 Å². The molecule has 0 bridgehead atoms. The van der Waals surface area contributed by atoms with Gasteiger partial charge in [0.1, 0.15) is 11.6 Å². The number of amides is 1. The summed E-state index contributed by atoms with van der Waals surface area (Å²) in [4.78, 5) is 16.0. The van der Waals surface area contributed by atoms with Crippen molar-refractivity contribution in [2.45, 2.75) is 26.3 Å². The molecule has 6 heteroatoms. The standard InChI is InChI=1S/C22H23FN4O/c1-14(2)15-7-9-17(10-8-15)27-21-11-20(18(13-26-21)22(24)28)25-12-16-5-3-4-6-19(16)23/h3-11,13-14H,12H2,1-2H3,(H2,24,28)(H2,25,26,27). The van der Waals surface area contributed by atoms with Gasteiger partial charge in [0.2, 0.25) is 0 Å². The maximum atomic E-state index is 13.9. The Morgan fingerprint density at radius 1 is 1.14 bits per heavy atom. The molecular formula is C22H23FN4O. The number of hydrogen-bond donors (Lipinski definition) is 3. The number of benzene rings is 2. The van der Waals surface area contributed by atoms with Gasteiger partial charge in [0.25, 0.3) is 5.91 Å². The molecule has 28 heavy (non-hydrogen) atoms. The first kappa shape index (κ1) is 19.4. The minimum atomic E-state index is -0.601. The van der Waals surface area contributed by atoms with E-state index in [-0.39, 0.29) is 17.9 Å². The minimum Gasteiger partial charge on any atom is -0.380 e. The van der Waals surface area contributed by atoms with Gasteiger partial charge in [-0.05, 0) is 29.7 Å². The zero-order valence-electron chi connectivity index (χ0n) is 15.9. The Labute approximate surface area is 163 Å². The number of nitrogens with two attached hydrogens (primary N) is 1. The largest absolute Gasteiger partial charge is 0.380 e. The van der Waals surface area contributed by atoms with E-state index in [1.54, 1.807) is 24.3 Å². The molecule has 3 aromatic rings. The fraction of sp³-hybridized carbons (Fsp3) is 0.182. The zero-order chi connectivity index (χ0) is 20.1. The van der Waals surface area contributed by atoms with Gasteiger partial charge in [0.15, 0.2) is 0 Å². The van der Waals surface area contributed by atoms with Gasteiger partial charge in [-0.15, -0.1) is 0 Å². The third-order valence-corrected chi connectivity index (χ3v) is 4.45. The van der Waals surface area contributed by atoms with Crippen LogP contribution in [0.3, 0.4) is 0 Å². The van der Waals surface area contributed by atoms with Crippen molar-refractivity contribution in [3.05, 3.63) is 83.3 Å². The van der Waals surface area contributed by atoms with Gasteiger partial charge in [-0.3, -0.25) is 4.79 Å². The fourth-order valence-electron chi connectivity index (χ4n) is 2.80. The number of nitrogens with one attached hydrogen (secondary N) is 2. The molecule has 4 N–H and O–H groups in total.